The SMILES string of the molecule is CCN1CC[C@@H](CNCc2cc(Cl)c3c(c2)OCCO3)C1. The molecule has 1 aromatic rings. The molecule has 2 aliphatic heterocycles. The highest BCUT2D eigenvalue weighted by molar-refractivity contribution is 6.32. The smallest absolute Gasteiger partial charge is 0.179 e. The number of hydrogen-bond acceptors (Lipinski definition) is 4. The fourth-order valence-electron chi connectivity index (χ4n) is 3.05. The van der Waals surface area contributed by atoms with E-state index in [0.717, 1.165) is 36.9 Å². The molecule has 4 nitrogen and oxygen atoms in total. The Balaban J connectivity index is 1.53. The van der Waals surface area contributed by atoms with E-state index in [4.69, 9.17) is 21.1 Å². The third kappa shape index (κ3) is 3.62. The number of rotatable bonds is 5. The Morgan fingerprint density at radius 1 is 1.33 bits per heavy atom. The molecule has 116 valence electrons. The summed E-state index contributed by atoms with van der Waals surface area (Å²) in [6.45, 7) is 8.88. The fraction of sp³-hybridized carbons (Fsp3) is 0.625. The molecule has 1 N–H and O–H groups in total. The van der Waals surface area contributed by atoms with Crippen molar-refractivity contribution >= 4 is 11.6 Å². The van der Waals surface area contributed by atoms with E-state index in [1.165, 1.54) is 19.5 Å². The summed E-state index contributed by atoms with van der Waals surface area (Å²) in [5.74, 6) is 2.21. The molecule has 1 aromatic carbocycles. The van der Waals surface area contributed by atoms with E-state index >= 15 is 0 Å². The van der Waals surface area contributed by atoms with Crippen molar-refractivity contribution in [2.45, 2.75) is 19.9 Å². The number of ether oxygens (including phenoxy) is 2. The second-order valence-electron chi connectivity index (χ2n) is 5.78. The van der Waals surface area contributed by atoms with Crippen LogP contribution in [0.3, 0.4) is 0 Å². The summed E-state index contributed by atoms with van der Waals surface area (Å²) in [6.07, 6.45) is 1.29. The number of hydrogen-bond donors (Lipinski definition) is 1. The second kappa shape index (κ2) is 6.86. The standard InChI is InChI=1S/C16H23ClN2O2/c1-2-19-4-3-12(11-19)9-18-10-13-7-14(17)16-15(8-13)20-5-6-21-16/h7-8,12,18H,2-6,9-11H2,1H3/t12-/m0/s1. The Labute approximate surface area is 131 Å². The molecule has 3 rings (SSSR count). The van der Waals surface area contributed by atoms with E-state index in [9.17, 15) is 0 Å². The van der Waals surface area contributed by atoms with Crippen LogP contribution in [0.1, 0.15) is 18.9 Å². The van der Waals surface area contributed by atoms with Crippen LogP contribution in [0.5, 0.6) is 11.5 Å². The van der Waals surface area contributed by atoms with E-state index in [-0.39, 0.29) is 0 Å². The maximum atomic E-state index is 6.25. The minimum atomic E-state index is 0.569. The monoisotopic (exact) mass is 310 g/mol. The van der Waals surface area contributed by atoms with E-state index in [1.807, 2.05) is 12.1 Å². The lowest BCUT2D eigenvalue weighted by Crippen LogP contribution is -2.26. The zero-order chi connectivity index (χ0) is 14.7. The van der Waals surface area contributed by atoms with Crippen LogP contribution in [-0.2, 0) is 6.54 Å². The Morgan fingerprint density at radius 3 is 3.00 bits per heavy atom. The van der Waals surface area contributed by atoms with Crippen molar-refractivity contribution in [2.24, 2.45) is 5.92 Å². The van der Waals surface area contributed by atoms with Crippen LogP contribution in [0.25, 0.3) is 0 Å². The Morgan fingerprint density at radius 2 is 2.19 bits per heavy atom. The van der Waals surface area contributed by atoms with Crippen molar-refractivity contribution in [1.82, 2.24) is 10.2 Å². The van der Waals surface area contributed by atoms with Crippen molar-refractivity contribution in [3.8, 4) is 11.5 Å². The lowest BCUT2D eigenvalue weighted by atomic mass is 10.1. The predicted molar refractivity (Wildman–Crippen MR) is 84.4 cm³/mol. The Kier molecular flexibility index (Phi) is 4.88. The molecule has 21 heavy (non-hydrogen) atoms. The van der Waals surface area contributed by atoms with Crippen LogP contribution in [-0.4, -0.2) is 44.3 Å². The van der Waals surface area contributed by atoms with Gasteiger partial charge in [-0.2, -0.15) is 0 Å². The van der Waals surface area contributed by atoms with Crippen LogP contribution in [0, 0.1) is 5.92 Å². The van der Waals surface area contributed by atoms with E-state index in [0.29, 0.717) is 24.0 Å². The van der Waals surface area contributed by atoms with Gasteiger partial charge < -0.3 is 19.7 Å². The molecule has 0 unspecified atom stereocenters. The van der Waals surface area contributed by atoms with Gasteiger partial charge in [-0.05, 0) is 49.7 Å². The first-order chi connectivity index (χ1) is 10.3. The molecule has 0 amide bonds. The van der Waals surface area contributed by atoms with Crippen LogP contribution < -0.4 is 14.8 Å². The zero-order valence-corrected chi connectivity index (χ0v) is 13.3. The van der Waals surface area contributed by atoms with Crippen LogP contribution in [0.4, 0.5) is 0 Å². The first-order valence-electron chi connectivity index (χ1n) is 7.77. The van der Waals surface area contributed by atoms with Gasteiger partial charge in [0.2, 0.25) is 0 Å². The lowest BCUT2D eigenvalue weighted by Gasteiger charge is -2.20. The van der Waals surface area contributed by atoms with Crippen LogP contribution in [0.15, 0.2) is 12.1 Å². The molecule has 1 atom stereocenters. The highest BCUT2D eigenvalue weighted by Crippen LogP contribution is 2.38. The Hall–Kier alpha value is -0.970. The van der Waals surface area contributed by atoms with Crippen molar-refractivity contribution < 1.29 is 9.47 Å². The summed E-state index contributed by atoms with van der Waals surface area (Å²) in [7, 11) is 0. The molecule has 2 aliphatic rings. The van der Waals surface area contributed by atoms with E-state index in [1.54, 1.807) is 0 Å². The molecule has 0 radical (unpaired) electrons. The Bertz CT molecular complexity index is 495. The van der Waals surface area contributed by atoms with Gasteiger partial charge in [0.15, 0.2) is 11.5 Å². The summed E-state index contributed by atoms with van der Waals surface area (Å²) < 4.78 is 11.1. The summed E-state index contributed by atoms with van der Waals surface area (Å²) in [5.41, 5.74) is 1.15. The molecule has 1 fully saturated rings. The molecule has 0 saturated carbocycles. The summed E-state index contributed by atoms with van der Waals surface area (Å²) in [4.78, 5) is 2.51. The van der Waals surface area contributed by atoms with Gasteiger partial charge in [-0.1, -0.05) is 18.5 Å². The molecule has 1 saturated heterocycles. The number of fused-ring (bicyclic) bond motifs is 1. The van der Waals surface area contributed by atoms with Gasteiger partial charge in [0.1, 0.15) is 13.2 Å². The largest absolute Gasteiger partial charge is 0.486 e. The van der Waals surface area contributed by atoms with Gasteiger partial charge in [0.25, 0.3) is 0 Å². The topological polar surface area (TPSA) is 33.7 Å². The average molecular weight is 311 g/mol. The van der Waals surface area contributed by atoms with Crippen molar-refractivity contribution in [3.05, 3.63) is 22.7 Å². The normalized spacial score (nSPS) is 21.7. The van der Waals surface area contributed by atoms with Gasteiger partial charge in [0.05, 0.1) is 5.02 Å². The fourth-order valence-corrected chi connectivity index (χ4v) is 3.34. The molecule has 0 aromatic heterocycles. The van der Waals surface area contributed by atoms with E-state index < -0.39 is 0 Å². The summed E-state index contributed by atoms with van der Waals surface area (Å²) in [5, 5.41) is 4.18. The summed E-state index contributed by atoms with van der Waals surface area (Å²) in [6, 6.07) is 4.00. The van der Waals surface area contributed by atoms with Gasteiger partial charge in [-0.15, -0.1) is 0 Å². The quantitative estimate of drug-likeness (QED) is 0.906. The predicted octanol–water partition coefficient (Wildman–Crippen LogP) is 2.54. The number of halogens is 1. The summed E-state index contributed by atoms with van der Waals surface area (Å²) >= 11 is 6.25. The van der Waals surface area contributed by atoms with Gasteiger partial charge in [-0.3, -0.25) is 0 Å². The third-order valence-corrected chi connectivity index (χ3v) is 4.52. The second-order valence-corrected chi connectivity index (χ2v) is 6.19. The highest BCUT2D eigenvalue weighted by atomic mass is 35.5. The van der Waals surface area contributed by atoms with Gasteiger partial charge in [-0.25, -0.2) is 0 Å². The first-order valence-corrected chi connectivity index (χ1v) is 8.15. The molecule has 5 heteroatoms. The van der Waals surface area contributed by atoms with Crippen LogP contribution in [0.2, 0.25) is 5.02 Å². The zero-order valence-electron chi connectivity index (χ0n) is 12.5. The number of likely N-dealkylation sites (tertiary alicyclic amines) is 1. The van der Waals surface area contributed by atoms with Gasteiger partial charge >= 0.3 is 0 Å². The molecule has 0 spiro atoms. The van der Waals surface area contributed by atoms with Crippen molar-refractivity contribution in [2.75, 3.05) is 39.4 Å². The third-order valence-electron chi connectivity index (χ3n) is 4.24. The number of nitrogens with zero attached hydrogens (tertiary/aromatic N) is 1. The maximum Gasteiger partial charge on any atom is 0.179 e. The van der Waals surface area contributed by atoms with Crippen molar-refractivity contribution in [1.29, 1.82) is 0 Å². The first kappa shape index (κ1) is 14.9. The molecule has 0 aliphatic carbocycles. The van der Waals surface area contributed by atoms with Crippen LogP contribution >= 0.6 is 11.6 Å². The van der Waals surface area contributed by atoms with Crippen molar-refractivity contribution in [3.63, 3.8) is 0 Å². The molecule has 0 bridgehead atoms. The molecular weight excluding hydrogens is 288 g/mol. The molecular formula is C16H23ClN2O2. The highest BCUT2D eigenvalue weighted by Gasteiger charge is 2.21. The molecule has 2 heterocycles. The number of benzene rings is 1. The van der Waals surface area contributed by atoms with E-state index in [2.05, 4.69) is 17.1 Å². The minimum Gasteiger partial charge on any atom is -0.486 e. The lowest BCUT2D eigenvalue weighted by molar-refractivity contribution is 0.171. The maximum absolute atomic E-state index is 6.25. The average Bonchev–Trinajstić information content (AvgIpc) is 2.95. The number of nitrogens with one attached hydrogen (secondary N) is 1. The minimum absolute atomic E-state index is 0.569. The van der Waals surface area contributed by atoms with Gasteiger partial charge in [0, 0.05) is 13.1 Å².